The topological polar surface area (TPSA) is 74.2 Å². The maximum Gasteiger partial charge on any atom is 0.340 e. The van der Waals surface area contributed by atoms with Crippen molar-refractivity contribution in [1.82, 2.24) is 4.98 Å². The number of nitrogen functional groups attached to an aromatic ring is 2. The lowest BCUT2D eigenvalue weighted by Crippen LogP contribution is -2.33. The molecule has 90 valence electrons. The van der Waals surface area contributed by atoms with E-state index in [-0.39, 0.29) is 17.4 Å². The number of rotatable bonds is 4. The van der Waals surface area contributed by atoms with Crippen LogP contribution >= 0.6 is 0 Å². The standard InChI is InChI=1S/C8H9F4N3O/c9-7(10)8(11,12)3-16-5-2-1-4(13)6(14)15-5/h1-2,7H,3,13H2,(H2,14,15). The molecule has 0 spiro atoms. The van der Waals surface area contributed by atoms with Gasteiger partial charge in [0.2, 0.25) is 5.88 Å². The van der Waals surface area contributed by atoms with Gasteiger partial charge in [-0.25, -0.2) is 8.78 Å². The summed E-state index contributed by atoms with van der Waals surface area (Å²) in [6, 6.07) is 2.44. The Bertz CT molecular complexity index is 372. The van der Waals surface area contributed by atoms with E-state index in [1.54, 1.807) is 0 Å². The van der Waals surface area contributed by atoms with E-state index >= 15 is 0 Å². The summed E-state index contributed by atoms with van der Waals surface area (Å²) in [7, 11) is 0. The van der Waals surface area contributed by atoms with E-state index in [2.05, 4.69) is 9.72 Å². The van der Waals surface area contributed by atoms with Crippen LogP contribution in [0.5, 0.6) is 5.88 Å². The molecule has 0 aliphatic heterocycles. The number of alkyl halides is 4. The maximum absolute atomic E-state index is 12.5. The fraction of sp³-hybridized carbons (Fsp3) is 0.375. The first-order chi connectivity index (χ1) is 7.33. The Morgan fingerprint density at radius 1 is 1.31 bits per heavy atom. The molecule has 4 N–H and O–H groups in total. The predicted molar refractivity (Wildman–Crippen MR) is 49.5 cm³/mol. The van der Waals surface area contributed by atoms with Gasteiger partial charge in [-0.05, 0) is 6.07 Å². The number of nitrogens with zero attached hydrogens (tertiary/aromatic N) is 1. The molecule has 0 bridgehead atoms. The fourth-order valence-corrected chi connectivity index (χ4v) is 0.781. The van der Waals surface area contributed by atoms with Crippen molar-refractivity contribution in [2.45, 2.75) is 12.3 Å². The average molecular weight is 239 g/mol. The Balaban J connectivity index is 2.65. The van der Waals surface area contributed by atoms with Crippen LogP contribution in [0.25, 0.3) is 0 Å². The van der Waals surface area contributed by atoms with E-state index in [0.717, 1.165) is 6.07 Å². The van der Waals surface area contributed by atoms with Gasteiger partial charge in [-0.2, -0.15) is 13.8 Å². The molecule has 0 amide bonds. The van der Waals surface area contributed by atoms with Gasteiger partial charge >= 0.3 is 12.3 Å². The number of halogens is 4. The van der Waals surface area contributed by atoms with Crippen molar-refractivity contribution in [3.63, 3.8) is 0 Å². The molecule has 8 heteroatoms. The highest BCUT2D eigenvalue weighted by Gasteiger charge is 2.41. The highest BCUT2D eigenvalue weighted by molar-refractivity contribution is 5.58. The SMILES string of the molecule is Nc1ccc(OCC(F)(F)C(F)F)nc1N. The Kier molecular flexibility index (Phi) is 3.41. The van der Waals surface area contributed by atoms with Crippen molar-refractivity contribution >= 4 is 11.5 Å². The summed E-state index contributed by atoms with van der Waals surface area (Å²) in [4.78, 5) is 3.49. The summed E-state index contributed by atoms with van der Waals surface area (Å²) in [6.07, 6.45) is -3.79. The van der Waals surface area contributed by atoms with E-state index < -0.39 is 19.0 Å². The van der Waals surface area contributed by atoms with Crippen molar-refractivity contribution in [1.29, 1.82) is 0 Å². The molecule has 0 aromatic carbocycles. The molecule has 0 atom stereocenters. The van der Waals surface area contributed by atoms with Gasteiger partial charge in [0.05, 0.1) is 5.69 Å². The molecule has 1 heterocycles. The second kappa shape index (κ2) is 4.42. The minimum absolute atomic E-state index is 0.113. The average Bonchev–Trinajstić information content (AvgIpc) is 2.20. The van der Waals surface area contributed by atoms with Gasteiger partial charge in [0.25, 0.3) is 0 Å². The third-order valence-corrected chi connectivity index (χ3v) is 1.66. The second-order valence-electron chi connectivity index (χ2n) is 2.97. The van der Waals surface area contributed by atoms with Gasteiger partial charge in [0.15, 0.2) is 12.4 Å². The summed E-state index contributed by atoms with van der Waals surface area (Å²) in [5.41, 5.74) is 10.7. The lowest BCUT2D eigenvalue weighted by molar-refractivity contribution is -0.148. The van der Waals surface area contributed by atoms with Crippen LogP contribution in [0.1, 0.15) is 0 Å². The Labute approximate surface area is 88.2 Å². The molecular formula is C8H9F4N3O. The first-order valence-electron chi connectivity index (χ1n) is 4.13. The van der Waals surface area contributed by atoms with Gasteiger partial charge in [0, 0.05) is 6.07 Å². The smallest absolute Gasteiger partial charge is 0.340 e. The van der Waals surface area contributed by atoms with Crippen LogP contribution in [0, 0.1) is 0 Å². The third kappa shape index (κ3) is 2.88. The summed E-state index contributed by atoms with van der Waals surface area (Å²) in [5.74, 6) is -4.62. The number of aromatic nitrogens is 1. The molecule has 0 fully saturated rings. The zero-order valence-electron chi connectivity index (χ0n) is 7.96. The molecule has 0 radical (unpaired) electrons. The molecule has 0 aliphatic carbocycles. The molecule has 0 aliphatic rings. The molecule has 1 aromatic heterocycles. The zero-order valence-corrected chi connectivity index (χ0v) is 7.96. The number of nitrogens with two attached hydrogens (primary N) is 2. The Morgan fingerprint density at radius 2 is 1.94 bits per heavy atom. The zero-order chi connectivity index (χ0) is 12.3. The lowest BCUT2D eigenvalue weighted by atomic mass is 10.4. The molecule has 1 aromatic rings. The van der Waals surface area contributed by atoms with Gasteiger partial charge in [-0.15, -0.1) is 0 Å². The quantitative estimate of drug-likeness (QED) is 0.781. The molecule has 16 heavy (non-hydrogen) atoms. The third-order valence-electron chi connectivity index (χ3n) is 1.66. The van der Waals surface area contributed by atoms with Gasteiger partial charge in [-0.3, -0.25) is 0 Å². The molecule has 1 rings (SSSR count). The van der Waals surface area contributed by atoms with E-state index in [9.17, 15) is 17.6 Å². The van der Waals surface area contributed by atoms with Gasteiger partial charge in [0.1, 0.15) is 0 Å². The largest absolute Gasteiger partial charge is 0.471 e. The maximum atomic E-state index is 12.5. The van der Waals surface area contributed by atoms with Gasteiger partial charge < -0.3 is 16.2 Å². The van der Waals surface area contributed by atoms with E-state index in [1.165, 1.54) is 6.07 Å². The van der Waals surface area contributed by atoms with Crippen LogP contribution in [-0.4, -0.2) is 23.9 Å². The molecule has 0 saturated heterocycles. The predicted octanol–water partition coefficient (Wildman–Crippen LogP) is 1.53. The minimum atomic E-state index is -4.22. The van der Waals surface area contributed by atoms with Crippen molar-refractivity contribution in [2.75, 3.05) is 18.1 Å². The lowest BCUT2D eigenvalue weighted by Gasteiger charge is -2.15. The van der Waals surface area contributed by atoms with Crippen LogP contribution in [0.3, 0.4) is 0 Å². The summed E-state index contributed by atoms with van der Waals surface area (Å²) < 4.78 is 52.8. The Morgan fingerprint density at radius 3 is 2.44 bits per heavy atom. The normalized spacial score (nSPS) is 11.8. The number of pyridine rings is 1. The van der Waals surface area contributed by atoms with Crippen LogP contribution < -0.4 is 16.2 Å². The van der Waals surface area contributed by atoms with Crippen LogP contribution in [0.2, 0.25) is 0 Å². The highest BCUT2D eigenvalue weighted by Crippen LogP contribution is 2.24. The molecule has 0 unspecified atom stereocenters. The highest BCUT2D eigenvalue weighted by atomic mass is 19.3. The monoisotopic (exact) mass is 239 g/mol. The number of hydrogen-bond acceptors (Lipinski definition) is 4. The molecular weight excluding hydrogens is 230 g/mol. The summed E-state index contributed by atoms with van der Waals surface area (Å²) in [5, 5.41) is 0. The first-order valence-corrected chi connectivity index (χ1v) is 4.13. The van der Waals surface area contributed by atoms with Crippen molar-refractivity contribution in [2.24, 2.45) is 0 Å². The van der Waals surface area contributed by atoms with Crippen molar-refractivity contribution in [3.8, 4) is 5.88 Å². The van der Waals surface area contributed by atoms with Crippen LogP contribution in [-0.2, 0) is 0 Å². The number of anilines is 2. The molecule has 0 saturated carbocycles. The summed E-state index contributed by atoms with van der Waals surface area (Å²) >= 11 is 0. The number of hydrogen-bond donors (Lipinski definition) is 2. The number of ether oxygens (including phenoxy) is 1. The van der Waals surface area contributed by atoms with E-state index in [4.69, 9.17) is 11.5 Å². The van der Waals surface area contributed by atoms with Crippen LogP contribution in [0.15, 0.2) is 12.1 Å². The summed E-state index contributed by atoms with van der Waals surface area (Å²) in [6.45, 7) is -1.47. The fourth-order valence-electron chi connectivity index (χ4n) is 0.781. The van der Waals surface area contributed by atoms with Crippen LogP contribution in [0.4, 0.5) is 29.1 Å². The Hall–Kier alpha value is -1.73. The van der Waals surface area contributed by atoms with Crippen molar-refractivity contribution in [3.05, 3.63) is 12.1 Å². The van der Waals surface area contributed by atoms with E-state index in [0.29, 0.717) is 0 Å². The first kappa shape index (κ1) is 12.3. The van der Waals surface area contributed by atoms with Gasteiger partial charge in [-0.1, -0.05) is 0 Å². The van der Waals surface area contributed by atoms with E-state index in [1.807, 2.05) is 0 Å². The molecule has 4 nitrogen and oxygen atoms in total. The minimum Gasteiger partial charge on any atom is -0.471 e. The van der Waals surface area contributed by atoms with Crippen molar-refractivity contribution < 1.29 is 22.3 Å². The second-order valence-corrected chi connectivity index (χ2v) is 2.97.